The first-order valence-corrected chi connectivity index (χ1v) is 11.3. The van der Waals surface area contributed by atoms with Crippen molar-refractivity contribution >= 4 is 28.5 Å². The lowest BCUT2D eigenvalue weighted by atomic mass is 9.69. The van der Waals surface area contributed by atoms with Gasteiger partial charge < -0.3 is 5.73 Å². The molecule has 2 aromatic rings. The molecule has 0 saturated heterocycles. The number of nitrogens with two attached hydrogens (primary N) is 1. The van der Waals surface area contributed by atoms with E-state index >= 15 is 0 Å². The van der Waals surface area contributed by atoms with Crippen LogP contribution >= 0.6 is 11.3 Å². The van der Waals surface area contributed by atoms with Gasteiger partial charge >= 0.3 is 0 Å². The molecule has 1 aromatic carbocycles. The predicted molar refractivity (Wildman–Crippen MR) is 124 cm³/mol. The van der Waals surface area contributed by atoms with Crippen LogP contribution in [0.2, 0.25) is 0 Å². The maximum atomic E-state index is 13.5. The second-order valence-electron chi connectivity index (χ2n) is 8.91. The molecule has 0 spiro atoms. The number of benzene rings is 1. The summed E-state index contributed by atoms with van der Waals surface area (Å²) in [4.78, 5) is 27.9. The van der Waals surface area contributed by atoms with Gasteiger partial charge in [-0.3, -0.25) is 19.8 Å². The van der Waals surface area contributed by atoms with E-state index in [9.17, 15) is 20.2 Å². The molecule has 0 unspecified atom stereocenters. The van der Waals surface area contributed by atoms with E-state index in [1.165, 1.54) is 17.0 Å². The van der Waals surface area contributed by atoms with Gasteiger partial charge in [-0.2, -0.15) is 5.26 Å². The molecule has 1 atom stereocenters. The van der Waals surface area contributed by atoms with E-state index in [-0.39, 0.29) is 22.7 Å². The summed E-state index contributed by atoms with van der Waals surface area (Å²) in [6.07, 6.45) is 1.87. The Balaban J connectivity index is 1.94. The van der Waals surface area contributed by atoms with Gasteiger partial charge in [-0.25, -0.2) is 0 Å². The number of anilines is 1. The van der Waals surface area contributed by atoms with E-state index in [1.807, 2.05) is 26.0 Å². The average molecular weight is 449 g/mol. The van der Waals surface area contributed by atoms with Gasteiger partial charge in [0.2, 0.25) is 0 Å². The highest BCUT2D eigenvalue weighted by molar-refractivity contribution is 7.12. The van der Waals surface area contributed by atoms with Crippen LogP contribution in [0.5, 0.6) is 0 Å². The first-order chi connectivity index (χ1) is 15.2. The zero-order valence-corrected chi connectivity index (χ0v) is 19.0. The predicted octanol–water partition coefficient (Wildman–Crippen LogP) is 5.16. The molecule has 7 nitrogen and oxygen atoms in total. The Kier molecular flexibility index (Phi) is 5.39. The average Bonchev–Trinajstić information content (AvgIpc) is 3.21. The van der Waals surface area contributed by atoms with Crippen molar-refractivity contribution in [1.29, 1.82) is 5.26 Å². The Labute approximate surface area is 190 Å². The molecular weight excluding hydrogens is 424 g/mol. The van der Waals surface area contributed by atoms with Crippen molar-refractivity contribution in [2.75, 3.05) is 4.90 Å². The molecule has 0 saturated carbocycles. The van der Waals surface area contributed by atoms with E-state index in [2.05, 4.69) is 13.0 Å². The summed E-state index contributed by atoms with van der Waals surface area (Å²) in [7, 11) is 0. The molecule has 0 radical (unpaired) electrons. The monoisotopic (exact) mass is 448 g/mol. The fraction of sp³-hybridized carbons (Fsp3) is 0.333. The van der Waals surface area contributed by atoms with Crippen LogP contribution in [0.25, 0.3) is 0 Å². The lowest BCUT2D eigenvalue weighted by Crippen LogP contribution is -2.42. The first-order valence-electron chi connectivity index (χ1n) is 10.5. The van der Waals surface area contributed by atoms with Crippen LogP contribution in [0.3, 0.4) is 0 Å². The number of non-ortho nitro benzene ring substituents is 1. The van der Waals surface area contributed by atoms with E-state index in [4.69, 9.17) is 5.73 Å². The van der Waals surface area contributed by atoms with Crippen LogP contribution in [0.15, 0.2) is 59.1 Å². The number of carbonyl (C=O) groups is 1. The lowest BCUT2D eigenvalue weighted by Gasteiger charge is -2.43. The summed E-state index contributed by atoms with van der Waals surface area (Å²) in [6.45, 7) is 6.15. The largest absolute Gasteiger partial charge is 0.384 e. The molecule has 0 bridgehead atoms. The quantitative estimate of drug-likeness (QED) is 0.510. The van der Waals surface area contributed by atoms with Crippen LogP contribution in [-0.4, -0.2) is 10.7 Å². The number of nitro groups is 1. The van der Waals surface area contributed by atoms with Gasteiger partial charge in [0.15, 0.2) is 5.78 Å². The zero-order chi connectivity index (χ0) is 23.2. The molecule has 2 aliphatic rings. The van der Waals surface area contributed by atoms with Crippen LogP contribution in [-0.2, 0) is 11.2 Å². The second kappa shape index (κ2) is 7.92. The number of hydrogen-bond acceptors (Lipinski definition) is 7. The summed E-state index contributed by atoms with van der Waals surface area (Å²) in [6, 6.07) is 12.3. The van der Waals surface area contributed by atoms with Crippen molar-refractivity contribution in [3.05, 3.63) is 78.9 Å². The minimum atomic E-state index is -0.488. The molecule has 0 fully saturated rings. The van der Waals surface area contributed by atoms with Gasteiger partial charge in [0.1, 0.15) is 5.82 Å². The van der Waals surface area contributed by atoms with Crippen molar-refractivity contribution in [2.24, 2.45) is 11.1 Å². The lowest BCUT2D eigenvalue weighted by molar-refractivity contribution is -0.384. The third kappa shape index (κ3) is 3.59. The van der Waals surface area contributed by atoms with Gasteiger partial charge in [0, 0.05) is 45.3 Å². The van der Waals surface area contributed by atoms with Gasteiger partial charge in [0.25, 0.3) is 5.69 Å². The number of ketones is 1. The van der Waals surface area contributed by atoms with Gasteiger partial charge in [0.05, 0.1) is 22.5 Å². The summed E-state index contributed by atoms with van der Waals surface area (Å²) in [5.74, 6) is -0.208. The van der Waals surface area contributed by atoms with Crippen LogP contribution in [0, 0.1) is 26.9 Å². The molecular formula is C24H24N4O3S. The number of aryl methyl sites for hydroxylation is 1. The van der Waals surface area contributed by atoms with E-state index in [0.29, 0.717) is 29.7 Å². The van der Waals surface area contributed by atoms with E-state index < -0.39 is 10.8 Å². The van der Waals surface area contributed by atoms with Gasteiger partial charge in [-0.15, -0.1) is 11.3 Å². The minimum Gasteiger partial charge on any atom is -0.384 e. The third-order valence-electron chi connectivity index (χ3n) is 6.02. The number of nitro benzene ring substituents is 1. The normalized spacial score (nSPS) is 20.2. The topological polar surface area (TPSA) is 113 Å². The Hall–Kier alpha value is -3.44. The van der Waals surface area contributed by atoms with Crippen LogP contribution in [0.4, 0.5) is 11.4 Å². The Morgan fingerprint density at radius 2 is 1.94 bits per heavy atom. The number of Topliss-reactive ketones (excluding diaryl/α,β-unsaturated/α-hetero) is 1. The van der Waals surface area contributed by atoms with E-state index in [1.54, 1.807) is 28.4 Å². The van der Waals surface area contributed by atoms with E-state index in [0.717, 1.165) is 17.0 Å². The molecule has 2 heterocycles. The Bertz CT molecular complexity index is 1210. The molecule has 8 heteroatoms. The fourth-order valence-electron chi connectivity index (χ4n) is 4.55. The number of nitriles is 1. The maximum absolute atomic E-state index is 13.5. The number of nitrogens with zero attached hydrogens (tertiary/aromatic N) is 3. The third-order valence-corrected chi connectivity index (χ3v) is 7.31. The van der Waals surface area contributed by atoms with Crippen molar-refractivity contribution in [3.8, 4) is 6.07 Å². The summed E-state index contributed by atoms with van der Waals surface area (Å²) in [5.41, 5.74) is 8.58. The Morgan fingerprint density at radius 1 is 1.25 bits per heavy atom. The number of allylic oxidation sites excluding steroid dienone is 3. The van der Waals surface area contributed by atoms with Crippen molar-refractivity contribution in [3.63, 3.8) is 0 Å². The number of carbonyl (C=O) groups excluding carboxylic acids is 1. The standard InChI is InChI=1S/C24H24N4O3S/c1-4-16-9-10-20(32-16)21-17(13-25)23(26)27(14-5-7-15(8-6-14)28(30)31)18-11-24(2,3)12-19(29)22(18)21/h5-10,21H,4,11-12,26H2,1-3H3/t21-/m0/s1. The molecule has 32 heavy (non-hydrogen) atoms. The molecule has 164 valence electrons. The molecule has 1 aliphatic carbocycles. The SMILES string of the molecule is CCc1ccc([C@@H]2C(C#N)=C(N)N(c3ccc([N+](=O)[O-])cc3)C3=C2C(=O)CC(C)(C)C3)s1. The highest BCUT2D eigenvalue weighted by atomic mass is 32.1. The summed E-state index contributed by atoms with van der Waals surface area (Å²) < 4.78 is 0. The fourth-order valence-corrected chi connectivity index (χ4v) is 5.62. The zero-order valence-electron chi connectivity index (χ0n) is 18.2. The maximum Gasteiger partial charge on any atom is 0.269 e. The van der Waals surface area contributed by atoms with Gasteiger partial charge in [-0.1, -0.05) is 20.8 Å². The van der Waals surface area contributed by atoms with Gasteiger partial charge in [-0.05, 0) is 42.5 Å². The van der Waals surface area contributed by atoms with Crippen LogP contribution < -0.4 is 10.6 Å². The molecule has 1 aromatic heterocycles. The Morgan fingerprint density at radius 3 is 2.50 bits per heavy atom. The smallest absolute Gasteiger partial charge is 0.269 e. The highest BCUT2D eigenvalue weighted by Crippen LogP contribution is 2.51. The molecule has 2 N–H and O–H groups in total. The highest BCUT2D eigenvalue weighted by Gasteiger charge is 2.45. The number of hydrogen-bond donors (Lipinski definition) is 1. The number of rotatable bonds is 4. The molecule has 4 rings (SSSR count). The molecule has 1 aliphatic heterocycles. The van der Waals surface area contributed by atoms with Crippen molar-refractivity contribution < 1.29 is 9.72 Å². The first kappa shape index (κ1) is 21.8. The second-order valence-corrected chi connectivity index (χ2v) is 10.1. The van der Waals surface area contributed by atoms with Crippen LogP contribution in [0.1, 0.15) is 49.3 Å². The summed E-state index contributed by atoms with van der Waals surface area (Å²) in [5, 5.41) is 21.2. The van der Waals surface area contributed by atoms with Crippen molar-refractivity contribution in [2.45, 2.75) is 46.0 Å². The van der Waals surface area contributed by atoms with Crippen molar-refractivity contribution in [1.82, 2.24) is 0 Å². The minimum absolute atomic E-state index is 0.0138. The number of thiophene rings is 1. The summed E-state index contributed by atoms with van der Waals surface area (Å²) >= 11 is 1.60. The molecule has 0 amide bonds.